The lowest BCUT2D eigenvalue weighted by atomic mass is 9.73. The van der Waals surface area contributed by atoms with Gasteiger partial charge in [0.15, 0.2) is 0 Å². The number of rotatable bonds is 6. The molecule has 0 N–H and O–H groups in total. The number of hydrogen-bond acceptors (Lipinski definition) is 0. The van der Waals surface area contributed by atoms with Crippen LogP contribution in [0.5, 0.6) is 0 Å². The van der Waals surface area contributed by atoms with Crippen molar-refractivity contribution in [1.82, 2.24) is 0 Å². The van der Waals surface area contributed by atoms with Gasteiger partial charge >= 0.3 is 0 Å². The van der Waals surface area contributed by atoms with Crippen molar-refractivity contribution in [2.75, 3.05) is 0 Å². The van der Waals surface area contributed by atoms with Crippen molar-refractivity contribution in [3.05, 3.63) is 12.2 Å². The van der Waals surface area contributed by atoms with Crippen molar-refractivity contribution in [1.29, 1.82) is 0 Å². The first kappa shape index (κ1) is 13.8. The molecular weight excluding hydrogens is 192 g/mol. The fraction of sp³-hybridized carbons (Fsp3) is 0.875. The zero-order chi connectivity index (χ0) is 12.6. The summed E-state index contributed by atoms with van der Waals surface area (Å²) in [4.78, 5) is 0. The molecule has 0 saturated heterocycles. The minimum absolute atomic E-state index is 0.566. The van der Waals surface area contributed by atoms with Crippen molar-refractivity contribution in [3.63, 3.8) is 0 Å². The molecule has 0 radical (unpaired) electrons. The van der Waals surface area contributed by atoms with Crippen LogP contribution in [0.1, 0.15) is 67.2 Å². The minimum Gasteiger partial charge on any atom is -0.100 e. The summed E-state index contributed by atoms with van der Waals surface area (Å²) in [7, 11) is 0. The van der Waals surface area contributed by atoms with Crippen molar-refractivity contribution in [2.45, 2.75) is 67.2 Å². The molecular formula is C16H30. The van der Waals surface area contributed by atoms with Gasteiger partial charge in [-0.2, -0.15) is 0 Å². The highest BCUT2D eigenvalue weighted by Gasteiger charge is 2.61. The van der Waals surface area contributed by atoms with Crippen LogP contribution >= 0.6 is 0 Å². The van der Waals surface area contributed by atoms with Crippen LogP contribution in [0.25, 0.3) is 0 Å². The molecule has 0 spiro atoms. The van der Waals surface area contributed by atoms with Crippen LogP contribution in [0.3, 0.4) is 0 Å². The van der Waals surface area contributed by atoms with Crippen LogP contribution in [0.4, 0.5) is 0 Å². The first-order valence-corrected chi connectivity index (χ1v) is 6.89. The average Bonchev–Trinajstić information content (AvgIpc) is 2.65. The van der Waals surface area contributed by atoms with Crippen molar-refractivity contribution in [2.24, 2.45) is 22.7 Å². The van der Waals surface area contributed by atoms with Crippen LogP contribution in [-0.4, -0.2) is 0 Å². The van der Waals surface area contributed by atoms with Gasteiger partial charge in [0.25, 0.3) is 0 Å². The normalized spacial score (nSPS) is 30.9. The molecule has 1 fully saturated rings. The molecule has 94 valence electrons. The van der Waals surface area contributed by atoms with E-state index in [9.17, 15) is 0 Å². The van der Waals surface area contributed by atoms with Gasteiger partial charge in [0, 0.05) is 0 Å². The molecule has 0 aromatic rings. The van der Waals surface area contributed by atoms with Crippen LogP contribution in [0.2, 0.25) is 0 Å². The van der Waals surface area contributed by atoms with Crippen LogP contribution < -0.4 is 0 Å². The quantitative estimate of drug-likeness (QED) is 0.525. The second-order valence-corrected chi connectivity index (χ2v) is 6.97. The molecule has 0 aliphatic heterocycles. The Kier molecular flexibility index (Phi) is 3.92. The van der Waals surface area contributed by atoms with Gasteiger partial charge in [-0.1, -0.05) is 46.6 Å². The Morgan fingerprint density at radius 1 is 1.31 bits per heavy atom. The van der Waals surface area contributed by atoms with Crippen molar-refractivity contribution in [3.8, 4) is 0 Å². The minimum atomic E-state index is 0.566. The fourth-order valence-corrected chi connectivity index (χ4v) is 3.42. The van der Waals surface area contributed by atoms with Gasteiger partial charge in [-0.3, -0.25) is 0 Å². The molecule has 0 heteroatoms. The number of allylic oxidation sites excluding steroid dienone is 1. The molecule has 1 aliphatic carbocycles. The zero-order valence-corrected chi connectivity index (χ0v) is 12.2. The van der Waals surface area contributed by atoms with Gasteiger partial charge in [-0.05, 0) is 48.9 Å². The van der Waals surface area contributed by atoms with Crippen molar-refractivity contribution >= 4 is 0 Å². The van der Waals surface area contributed by atoms with Crippen molar-refractivity contribution < 1.29 is 0 Å². The zero-order valence-electron chi connectivity index (χ0n) is 12.2. The summed E-state index contributed by atoms with van der Waals surface area (Å²) in [5.74, 6) is 1.73. The third kappa shape index (κ3) is 2.52. The Balaban J connectivity index is 2.69. The lowest BCUT2D eigenvalue weighted by Crippen LogP contribution is -2.24. The van der Waals surface area contributed by atoms with Gasteiger partial charge in [-0.25, -0.2) is 0 Å². The highest BCUT2D eigenvalue weighted by Crippen LogP contribution is 2.69. The topological polar surface area (TPSA) is 0 Å². The molecule has 3 atom stereocenters. The van der Waals surface area contributed by atoms with Crippen LogP contribution in [0.15, 0.2) is 12.2 Å². The highest BCUT2D eigenvalue weighted by molar-refractivity contribution is 5.11. The predicted octanol–water partition coefficient (Wildman–Crippen LogP) is 5.44. The Hall–Kier alpha value is -0.260. The van der Waals surface area contributed by atoms with Gasteiger partial charge in [0.2, 0.25) is 0 Å². The standard InChI is InChI=1S/C16H30/c1-8-13(4)14(10-9-12(2)3)16(7)11-15(16,5)6/h13-14H,2,8-11H2,1,3-7H3. The lowest BCUT2D eigenvalue weighted by Gasteiger charge is -2.32. The van der Waals surface area contributed by atoms with E-state index < -0.39 is 0 Å². The van der Waals surface area contributed by atoms with E-state index in [-0.39, 0.29) is 0 Å². The summed E-state index contributed by atoms with van der Waals surface area (Å²) < 4.78 is 0. The molecule has 16 heavy (non-hydrogen) atoms. The fourth-order valence-electron chi connectivity index (χ4n) is 3.42. The summed E-state index contributed by atoms with van der Waals surface area (Å²) >= 11 is 0. The van der Waals surface area contributed by atoms with E-state index in [2.05, 4.69) is 48.1 Å². The van der Waals surface area contributed by atoms with E-state index in [4.69, 9.17) is 0 Å². The SMILES string of the molecule is C=C(C)CCC(C(C)CC)C1(C)CC1(C)C. The molecule has 3 unspecified atom stereocenters. The molecule has 0 nitrogen and oxygen atoms in total. The predicted molar refractivity (Wildman–Crippen MR) is 73.5 cm³/mol. The first-order chi connectivity index (χ1) is 7.24. The molecule has 0 amide bonds. The molecule has 1 rings (SSSR count). The molecule has 0 bridgehead atoms. The summed E-state index contributed by atoms with van der Waals surface area (Å²) in [5, 5.41) is 0. The smallest absolute Gasteiger partial charge is 0.0238 e. The largest absolute Gasteiger partial charge is 0.100 e. The molecule has 0 aromatic heterocycles. The van der Waals surface area contributed by atoms with E-state index in [1.54, 1.807) is 0 Å². The van der Waals surface area contributed by atoms with Gasteiger partial charge in [-0.15, -0.1) is 6.58 Å². The molecule has 1 saturated carbocycles. The molecule has 1 aliphatic rings. The Labute approximate surface area is 103 Å². The Morgan fingerprint density at radius 3 is 2.12 bits per heavy atom. The summed E-state index contributed by atoms with van der Waals surface area (Å²) in [6, 6.07) is 0. The van der Waals surface area contributed by atoms with Crippen LogP contribution in [-0.2, 0) is 0 Å². The monoisotopic (exact) mass is 222 g/mol. The highest BCUT2D eigenvalue weighted by atomic mass is 14.7. The summed E-state index contributed by atoms with van der Waals surface area (Å²) in [6.45, 7) is 18.3. The van der Waals surface area contributed by atoms with E-state index in [1.807, 2.05) is 0 Å². The van der Waals surface area contributed by atoms with Gasteiger partial charge < -0.3 is 0 Å². The average molecular weight is 222 g/mol. The van der Waals surface area contributed by atoms with Gasteiger partial charge in [0.1, 0.15) is 0 Å². The number of hydrogen-bond donors (Lipinski definition) is 0. The maximum absolute atomic E-state index is 4.05. The van der Waals surface area contributed by atoms with E-state index in [1.165, 1.54) is 31.3 Å². The van der Waals surface area contributed by atoms with E-state index in [0.717, 1.165) is 11.8 Å². The Bertz CT molecular complexity index is 261. The molecule has 0 heterocycles. The van der Waals surface area contributed by atoms with E-state index in [0.29, 0.717) is 10.8 Å². The summed E-state index contributed by atoms with van der Waals surface area (Å²) in [5.41, 5.74) is 2.49. The maximum Gasteiger partial charge on any atom is -0.0238 e. The lowest BCUT2D eigenvalue weighted by molar-refractivity contribution is 0.176. The molecule has 0 aromatic carbocycles. The van der Waals surface area contributed by atoms with Crippen LogP contribution in [0, 0.1) is 22.7 Å². The summed E-state index contributed by atoms with van der Waals surface area (Å²) in [6.07, 6.45) is 5.27. The third-order valence-corrected chi connectivity index (χ3v) is 5.26. The van der Waals surface area contributed by atoms with Gasteiger partial charge in [0.05, 0.1) is 0 Å². The second kappa shape index (κ2) is 4.55. The third-order valence-electron chi connectivity index (χ3n) is 5.26. The Morgan fingerprint density at radius 2 is 1.81 bits per heavy atom. The van der Waals surface area contributed by atoms with E-state index >= 15 is 0 Å². The second-order valence-electron chi connectivity index (χ2n) is 6.97. The first-order valence-electron chi connectivity index (χ1n) is 6.89. The maximum atomic E-state index is 4.05.